The molecule has 3 heteroatoms. The third kappa shape index (κ3) is 3.36. The van der Waals surface area contributed by atoms with Gasteiger partial charge in [0.2, 0.25) is 0 Å². The fraction of sp³-hybridized carbons (Fsp3) is 0.667. The van der Waals surface area contributed by atoms with E-state index in [1.54, 1.807) is 0 Å². The highest BCUT2D eigenvalue weighted by Crippen LogP contribution is 2.32. The maximum Gasteiger partial charge on any atom is 0.129 e. The molecule has 0 aliphatic heterocycles. The Balaban J connectivity index is 1.73. The number of nitrogens with zero attached hydrogens (tertiary/aromatic N) is 1. The molecule has 1 aliphatic rings. The summed E-state index contributed by atoms with van der Waals surface area (Å²) in [6, 6.07) is 3.78. The summed E-state index contributed by atoms with van der Waals surface area (Å²) >= 11 is 0. The van der Waals surface area contributed by atoms with Crippen molar-refractivity contribution < 1.29 is 9.52 Å². The number of aliphatic hydroxyl groups is 1. The van der Waals surface area contributed by atoms with Gasteiger partial charge in [-0.05, 0) is 38.1 Å². The number of aliphatic hydroxyl groups excluding tert-OH is 1. The first-order valence-corrected chi connectivity index (χ1v) is 5.65. The van der Waals surface area contributed by atoms with Gasteiger partial charge in [-0.25, -0.2) is 0 Å². The predicted octanol–water partition coefficient (Wildman–Crippen LogP) is 2.00. The Morgan fingerprint density at radius 2 is 2.13 bits per heavy atom. The topological polar surface area (TPSA) is 36.6 Å². The fourth-order valence-corrected chi connectivity index (χ4v) is 1.75. The van der Waals surface area contributed by atoms with Gasteiger partial charge in [0.25, 0.3) is 0 Å². The molecule has 15 heavy (non-hydrogen) atoms. The summed E-state index contributed by atoms with van der Waals surface area (Å²) in [6.45, 7) is 1.97. The number of hydrogen-bond acceptors (Lipinski definition) is 3. The molecule has 1 fully saturated rings. The van der Waals surface area contributed by atoms with Crippen LogP contribution in [-0.4, -0.2) is 23.6 Å². The number of rotatable bonds is 6. The molecule has 1 aromatic heterocycles. The third-order valence-electron chi connectivity index (χ3n) is 2.91. The SMILES string of the molecule is CN(CCC1CC1)Cc1ccc(CO)o1. The molecule has 84 valence electrons. The number of furan rings is 1. The van der Waals surface area contributed by atoms with Gasteiger partial charge >= 0.3 is 0 Å². The van der Waals surface area contributed by atoms with E-state index in [0.29, 0.717) is 5.76 Å². The van der Waals surface area contributed by atoms with E-state index in [1.807, 2.05) is 12.1 Å². The average Bonchev–Trinajstić information content (AvgIpc) is 2.96. The Kier molecular flexibility index (Phi) is 3.44. The van der Waals surface area contributed by atoms with E-state index in [-0.39, 0.29) is 6.61 Å². The zero-order valence-corrected chi connectivity index (χ0v) is 9.28. The van der Waals surface area contributed by atoms with Gasteiger partial charge in [-0.3, -0.25) is 4.90 Å². The van der Waals surface area contributed by atoms with Crippen LogP contribution in [0.15, 0.2) is 16.5 Å². The minimum Gasteiger partial charge on any atom is -0.462 e. The summed E-state index contributed by atoms with van der Waals surface area (Å²) < 4.78 is 5.43. The molecule has 0 bridgehead atoms. The molecule has 3 nitrogen and oxygen atoms in total. The molecule has 0 atom stereocenters. The first-order chi connectivity index (χ1) is 7.28. The summed E-state index contributed by atoms with van der Waals surface area (Å²) in [5.74, 6) is 2.58. The Hall–Kier alpha value is -0.800. The van der Waals surface area contributed by atoms with Crippen molar-refractivity contribution in [1.29, 1.82) is 0 Å². The predicted molar refractivity (Wildman–Crippen MR) is 58.3 cm³/mol. The molecule has 0 spiro atoms. The van der Waals surface area contributed by atoms with Crippen LogP contribution in [0.1, 0.15) is 30.8 Å². The van der Waals surface area contributed by atoms with Gasteiger partial charge in [0, 0.05) is 0 Å². The van der Waals surface area contributed by atoms with Crippen molar-refractivity contribution in [2.75, 3.05) is 13.6 Å². The van der Waals surface area contributed by atoms with E-state index in [0.717, 1.165) is 24.8 Å². The van der Waals surface area contributed by atoms with Crippen molar-refractivity contribution in [3.63, 3.8) is 0 Å². The van der Waals surface area contributed by atoms with Crippen molar-refractivity contribution in [3.05, 3.63) is 23.7 Å². The summed E-state index contributed by atoms with van der Waals surface area (Å²) in [7, 11) is 2.11. The van der Waals surface area contributed by atoms with E-state index in [2.05, 4.69) is 11.9 Å². The largest absolute Gasteiger partial charge is 0.462 e. The van der Waals surface area contributed by atoms with Crippen LogP contribution in [-0.2, 0) is 13.2 Å². The lowest BCUT2D eigenvalue weighted by atomic mass is 10.3. The summed E-state index contributed by atoms with van der Waals surface area (Å²) in [5, 5.41) is 8.86. The lowest BCUT2D eigenvalue weighted by molar-refractivity contribution is 0.231. The molecule has 0 saturated heterocycles. The van der Waals surface area contributed by atoms with Crippen LogP contribution in [0.4, 0.5) is 0 Å². The lowest BCUT2D eigenvalue weighted by Gasteiger charge is -2.14. The lowest BCUT2D eigenvalue weighted by Crippen LogP contribution is -2.19. The van der Waals surface area contributed by atoms with Crippen molar-refractivity contribution in [1.82, 2.24) is 4.90 Å². The molecular formula is C12H19NO2. The highest BCUT2D eigenvalue weighted by molar-refractivity contribution is 5.06. The van der Waals surface area contributed by atoms with Gasteiger partial charge in [-0.1, -0.05) is 12.8 Å². The number of hydrogen-bond donors (Lipinski definition) is 1. The molecule has 0 aromatic carbocycles. The molecule has 0 unspecified atom stereocenters. The van der Waals surface area contributed by atoms with Crippen LogP contribution < -0.4 is 0 Å². The first kappa shape index (κ1) is 10.7. The van der Waals surface area contributed by atoms with Crippen LogP contribution in [0, 0.1) is 5.92 Å². The van der Waals surface area contributed by atoms with Crippen LogP contribution in [0.5, 0.6) is 0 Å². The smallest absolute Gasteiger partial charge is 0.129 e. The Morgan fingerprint density at radius 3 is 2.73 bits per heavy atom. The molecule has 2 rings (SSSR count). The van der Waals surface area contributed by atoms with E-state index in [9.17, 15) is 0 Å². The average molecular weight is 209 g/mol. The zero-order valence-electron chi connectivity index (χ0n) is 9.28. The van der Waals surface area contributed by atoms with Crippen molar-refractivity contribution in [2.45, 2.75) is 32.4 Å². The summed E-state index contributed by atoms with van der Waals surface area (Å²) in [4.78, 5) is 2.28. The standard InChI is InChI=1S/C12H19NO2/c1-13(7-6-10-2-3-10)8-11-4-5-12(9-14)15-11/h4-5,10,14H,2-3,6-9H2,1H3. The molecule has 1 aromatic rings. The molecule has 1 heterocycles. The Morgan fingerprint density at radius 1 is 1.40 bits per heavy atom. The van der Waals surface area contributed by atoms with E-state index in [4.69, 9.17) is 9.52 Å². The van der Waals surface area contributed by atoms with E-state index in [1.165, 1.54) is 19.3 Å². The second kappa shape index (κ2) is 4.81. The molecular weight excluding hydrogens is 190 g/mol. The summed E-state index contributed by atoms with van der Waals surface area (Å²) in [5.41, 5.74) is 0. The van der Waals surface area contributed by atoms with Gasteiger partial charge in [0.05, 0.1) is 6.54 Å². The van der Waals surface area contributed by atoms with Gasteiger partial charge in [0.15, 0.2) is 0 Å². The molecule has 1 saturated carbocycles. The van der Waals surface area contributed by atoms with Crippen LogP contribution in [0.2, 0.25) is 0 Å². The highest BCUT2D eigenvalue weighted by Gasteiger charge is 2.21. The second-order valence-electron chi connectivity index (χ2n) is 4.50. The third-order valence-corrected chi connectivity index (χ3v) is 2.91. The normalized spacial score (nSPS) is 16.2. The van der Waals surface area contributed by atoms with Crippen LogP contribution in [0.3, 0.4) is 0 Å². The van der Waals surface area contributed by atoms with Crippen LogP contribution >= 0.6 is 0 Å². The molecule has 1 aliphatic carbocycles. The maximum atomic E-state index is 8.86. The van der Waals surface area contributed by atoms with Gasteiger partial charge in [-0.2, -0.15) is 0 Å². The minimum absolute atomic E-state index is 0.00815. The zero-order chi connectivity index (χ0) is 10.7. The Labute approximate surface area is 90.7 Å². The summed E-state index contributed by atoms with van der Waals surface area (Å²) in [6.07, 6.45) is 4.15. The van der Waals surface area contributed by atoms with Crippen molar-refractivity contribution in [3.8, 4) is 0 Å². The van der Waals surface area contributed by atoms with Crippen molar-refractivity contribution in [2.24, 2.45) is 5.92 Å². The second-order valence-corrected chi connectivity index (χ2v) is 4.50. The van der Waals surface area contributed by atoms with Gasteiger partial charge in [0.1, 0.15) is 18.1 Å². The Bertz CT molecular complexity index is 304. The first-order valence-electron chi connectivity index (χ1n) is 5.65. The fourth-order valence-electron chi connectivity index (χ4n) is 1.75. The van der Waals surface area contributed by atoms with Gasteiger partial charge in [-0.15, -0.1) is 0 Å². The minimum atomic E-state index is -0.00815. The molecule has 0 radical (unpaired) electrons. The van der Waals surface area contributed by atoms with Crippen LogP contribution in [0.25, 0.3) is 0 Å². The van der Waals surface area contributed by atoms with Crippen molar-refractivity contribution >= 4 is 0 Å². The molecule has 0 amide bonds. The van der Waals surface area contributed by atoms with E-state index < -0.39 is 0 Å². The van der Waals surface area contributed by atoms with E-state index >= 15 is 0 Å². The van der Waals surface area contributed by atoms with Gasteiger partial charge < -0.3 is 9.52 Å². The highest BCUT2D eigenvalue weighted by atomic mass is 16.4. The monoisotopic (exact) mass is 209 g/mol. The molecule has 1 N–H and O–H groups in total. The maximum absolute atomic E-state index is 8.86. The quantitative estimate of drug-likeness (QED) is 0.778.